The normalized spacial score (nSPS) is 17.4. The Morgan fingerprint density at radius 3 is 2.37 bits per heavy atom. The smallest absolute Gasteiger partial charge is 0.306 e. The zero-order valence-corrected chi connectivity index (χ0v) is 15.3. The second kappa shape index (κ2) is 8.18. The number of carbonyl (C=O) groups is 2. The van der Waals surface area contributed by atoms with Gasteiger partial charge in [-0.3, -0.25) is 9.59 Å². The van der Waals surface area contributed by atoms with E-state index < -0.39 is 15.8 Å². The molecule has 0 saturated heterocycles. The van der Waals surface area contributed by atoms with Crippen molar-refractivity contribution in [1.82, 2.24) is 0 Å². The number of ether oxygens (including phenoxy) is 1. The fourth-order valence-corrected chi connectivity index (χ4v) is 4.08. The van der Waals surface area contributed by atoms with Gasteiger partial charge in [0.15, 0.2) is 9.84 Å². The number of amides is 1. The molecule has 0 unspecified atom stereocenters. The van der Waals surface area contributed by atoms with E-state index in [0.717, 1.165) is 11.0 Å². The molecule has 1 aliphatic heterocycles. The first-order valence-corrected chi connectivity index (χ1v) is 10.1. The van der Waals surface area contributed by atoms with Crippen LogP contribution in [-0.2, 0) is 26.0 Å². The van der Waals surface area contributed by atoms with Gasteiger partial charge in [-0.2, -0.15) is 0 Å². The van der Waals surface area contributed by atoms with Crippen molar-refractivity contribution in [2.45, 2.75) is 13.0 Å². The lowest BCUT2D eigenvalue weighted by atomic mass is 10.1. The first-order valence-electron chi connectivity index (χ1n) is 8.43. The molecule has 0 bridgehead atoms. The van der Waals surface area contributed by atoms with Crippen molar-refractivity contribution in [3.05, 3.63) is 77.2 Å². The Hall–Kier alpha value is -2.93. The molecular formula is C20H19NO5S. The Labute approximate surface area is 157 Å². The van der Waals surface area contributed by atoms with Crippen LogP contribution in [0.3, 0.4) is 0 Å². The summed E-state index contributed by atoms with van der Waals surface area (Å²) in [6.07, 6.45) is 1.56. The van der Waals surface area contributed by atoms with Crippen molar-refractivity contribution in [2.75, 3.05) is 11.1 Å². The van der Waals surface area contributed by atoms with E-state index in [9.17, 15) is 18.0 Å². The molecule has 0 spiro atoms. The van der Waals surface area contributed by atoms with E-state index in [-0.39, 0.29) is 30.6 Å². The Kier molecular flexibility index (Phi) is 5.71. The number of hydrogen-bond acceptors (Lipinski definition) is 5. The third-order valence-electron chi connectivity index (χ3n) is 4.08. The van der Waals surface area contributed by atoms with Gasteiger partial charge in [0.05, 0.1) is 12.2 Å². The van der Waals surface area contributed by atoms with Gasteiger partial charge in [0.25, 0.3) is 5.91 Å². The minimum absolute atomic E-state index is 0.0350. The number of hydrogen-bond donors (Lipinski definition) is 1. The molecule has 1 aliphatic rings. The lowest BCUT2D eigenvalue weighted by Crippen LogP contribution is -2.14. The summed E-state index contributed by atoms with van der Waals surface area (Å²) in [5.74, 6) is -1.05. The number of esters is 1. The molecule has 0 saturated carbocycles. The minimum Gasteiger partial charge on any atom is -0.461 e. The lowest BCUT2D eigenvalue weighted by Gasteiger charge is -2.09. The molecule has 27 heavy (non-hydrogen) atoms. The van der Waals surface area contributed by atoms with E-state index in [2.05, 4.69) is 5.32 Å². The maximum Gasteiger partial charge on any atom is 0.306 e. The van der Waals surface area contributed by atoms with Gasteiger partial charge in [0.2, 0.25) is 0 Å². The van der Waals surface area contributed by atoms with E-state index in [1.165, 1.54) is 6.08 Å². The van der Waals surface area contributed by atoms with Gasteiger partial charge in [-0.1, -0.05) is 36.4 Å². The van der Waals surface area contributed by atoms with Crippen LogP contribution in [0.5, 0.6) is 0 Å². The second-order valence-electron chi connectivity index (χ2n) is 6.30. The Morgan fingerprint density at radius 2 is 1.74 bits per heavy atom. The van der Waals surface area contributed by atoms with Crippen molar-refractivity contribution >= 4 is 27.4 Å². The quantitative estimate of drug-likeness (QED) is 0.772. The fourth-order valence-electron chi connectivity index (χ4n) is 2.68. The first kappa shape index (κ1) is 18.8. The number of anilines is 1. The SMILES string of the molecule is O=C(C[C@H]1C=CS(=O)(=O)C1)OCc1ccc(C(=O)Nc2ccccc2)cc1. The second-order valence-corrected chi connectivity index (χ2v) is 8.23. The highest BCUT2D eigenvalue weighted by molar-refractivity contribution is 7.94. The maximum absolute atomic E-state index is 12.2. The van der Waals surface area contributed by atoms with Gasteiger partial charge in [-0.15, -0.1) is 0 Å². The van der Waals surface area contributed by atoms with E-state index in [4.69, 9.17) is 4.74 Å². The van der Waals surface area contributed by atoms with Gasteiger partial charge < -0.3 is 10.1 Å². The molecule has 1 heterocycles. The number of para-hydroxylation sites is 1. The molecule has 0 aliphatic carbocycles. The number of sulfone groups is 1. The van der Waals surface area contributed by atoms with Crippen LogP contribution < -0.4 is 5.32 Å². The molecule has 1 N–H and O–H groups in total. The van der Waals surface area contributed by atoms with E-state index in [1.54, 1.807) is 36.4 Å². The maximum atomic E-state index is 12.2. The highest BCUT2D eigenvalue weighted by Crippen LogP contribution is 2.19. The molecular weight excluding hydrogens is 366 g/mol. The molecule has 0 radical (unpaired) electrons. The number of nitrogens with one attached hydrogen (secondary N) is 1. The van der Waals surface area contributed by atoms with Crippen molar-refractivity contribution < 1.29 is 22.7 Å². The molecule has 2 aromatic carbocycles. The molecule has 0 fully saturated rings. The number of carbonyl (C=O) groups excluding carboxylic acids is 2. The fraction of sp³-hybridized carbons (Fsp3) is 0.200. The molecule has 0 aromatic heterocycles. The van der Waals surface area contributed by atoms with Crippen LogP contribution in [0.25, 0.3) is 0 Å². The third-order valence-corrected chi connectivity index (χ3v) is 5.55. The summed E-state index contributed by atoms with van der Waals surface area (Å²) >= 11 is 0. The average Bonchev–Trinajstić information content (AvgIpc) is 2.99. The topological polar surface area (TPSA) is 89.5 Å². The Morgan fingerprint density at radius 1 is 1.04 bits per heavy atom. The summed E-state index contributed by atoms with van der Waals surface area (Å²) in [6.45, 7) is 0.0720. The highest BCUT2D eigenvalue weighted by atomic mass is 32.2. The van der Waals surface area contributed by atoms with Gasteiger partial charge in [-0.05, 0) is 29.8 Å². The predicted octanol–water partition coefficient (Wildman–Crippen LogP) is 2.93. The zero-order chi connectivity index (χ0) is 19.3. The van der Waals surface area contributed by atoms with E-state index in [1.807, 2.05) is 18.2 Å². The largest absolute Gasteiger partial charge is 0.461 e. The molecule has 6 nitrogen and oxygen atoms in total. The van der Waals surface area contributed by atoms with Crippen molar-refractivity contribution in [2.24, 2.45) is 5.92 Å². The first-order chi connectivity index (χ1) is 12.9. The van der Waals surface area contributed by atoms with Gasteiger partial charge in [-0.25, -0.2) is 8.42 Å². The van der Waals surface area contributed by atoms with Crippen LogP contribution in [0, 0.1) is 5.92 Å². The molecule has 140 valence electrons. The van der Waals surface area contributed by atoms with Crippen molar-refractivity contribution in [1.29, 1.82) is 0 Å². The highest BCUT2D eigenvalue weighted by Gasteiger charge is 2.24. The molecule has 1 atom stereocenters. The van der Waals surface area contributed by atoms with Gasteiger partial charge in [0.1, 0.15) is 6.61 Å². The number of allylic oxidation sites excluding steroid dienone is 1. The van der Waals surface area contributed by atoms with Crippen molar-refractivity contribution in [3.63, 3.8) is 0 Å². The Bertz CT molecular complexity index is 950. The molecule has 3 rings (SSSR count). The van der Waals surface area contributed by atoms with Crippen LogP contribution >= 0.6 is 0 Å². The van der Waals surface area contributed by atoms with E-state index in [0.29, 0.717) is 11.3 Å². The van der Waals surface area contributed by atoms with Crippen LogP contribution in [0.2, 0.25) is 0 Å². The number of benzene rings is 2. The molecule has 7 heteroatoms. The van der Waals surface area contributed by atoms with Crippen LogP contribution in [0.1, 0.15) is 22.3 Å². The zero-order valence-electron chi connectivity index (χ0n) is 14.5. The summed E-state index contributed by atoms with van der Waals surface area (Å²) in [4.78, 5) is 24.0. The van der Waals surface area contributed by atoms with Gasteiger partial charge in [0, 0.05) is 22.6 Å². The summed E-state index contributed by atoms with van der Waals surface area (Å²) < 4.78 is 27.9. The lowest BCUT2D eigenvalue weighted by molar-refractivity contribution is -0.145. The summed E-state index contributed by atoms with van der Waals surface area (Å²) in [5, 5.41) is 3.94. The van der Waals surface area contributed by atoms with E-state index >= 15 is 0 Å². The third kappa shape index (κ3) is 5.52. The van der Waals surface area contributed by atoms with Gasteiger partial charge >= 0.3 is 5.97 Å². The molecule has 2 aromatic rings. The summed E-state index contributed by atoms with van der Waals surface area (Å²) in [5.41, 5.74) is 1.95. The number of rotatable bonds is 6. The summed E-state index contributed by atoms with van der Waals surface area (Å²) in [7, 11) is -3.17. The minimum atomic E-state index is -3.17. The van der Waals surface area contributed by atoms with Crippen LogP contribution in [-0.4, -0.2) is 26.0 Å². The summed E-state index contributed by atoms with van der Waals surface area (Å²) in [6, 6.07) is 15.9. The monoisotopic (exact) mass is 385 g/mol. The van der Waals surface area contributed by atoms with Crippen LogP contribution in [0.15, 0.2) is 66.1 Å². The standard InChI is InChI=1S/C20H19NO5S/c22-19(12-16-10-11-27(24,25)14-16)26-13-15-6-8-17(9-7-15)20(23)21-18-4-2-1-3-5-18/h1-11,16H,12-14H2,(H,21,23)/t16-/m1/s1. The van der Waals surface area contributed by atoms with Crippen LogP contribution in [0.4, 0.5) is 5.69 Å². The molecule has 1 amide bonds. The average molecular weight is 385 g/mol. The van der Waals surface area contributed by atoms with Crippen molar-refractivity contribution in [3.8, 4) is 0 Å². The Balaban J connectivity index is 1.48. The predicted molar refractivity (Wildman–Crippen MR) is 102 cm³/mol.